The van der Waals surface area contributed by atoms with Gasteiger partial charge in [0.25, 0.3) is 5.69 Å². The number of esters is 1. The molecule has 7 nitrogen and oxygen atoms in total. The maximum atomic E-state index is 12.7. The Morgan fingerprint density at radius 1 is 1.18 bits per heavy atom. The van der Waals surface area contributed by atoms with Gasteiger partial charge in [0.1, 0.15) is 12.4 Å². The van der Waals surface area contributed by atoms with E-state index in [0.29, 0.717) is 23.3 Å². The lowest BCUT2D eigenvalue weighted by Gasteiger charge is -2.56. The molecule has 150 valence electrons. The van der Waals surface area contributed by atoms with Crippen LogP contribution in [0.25, 0.3) is 0 Å². The van der Waals surface area contributed by atoms with Gasteiger partial charge >= 0.3 is 5.97 Å². The van der Waals surface area contributed by atoms with E-state index in [-0.39, 0.29) is 37.1 Å². The molecule has 1 aromatic carbocycles. The van der Waals surface area contributed by atoms with E-state index < -0.39 is 4.92 Å². The molecule has 1 aromatic rings. The Hall–Kier alpha value is -2.15. The molecule has 4 bridgehead atoms. The maximum absolute atomic E-state index is 12.7. The zero-order valence-corrected chi connectivity index (χ0v) is 15.9. The molecule has 7 heteroatoms. The predicted octanol–water partition coefficient (Wildman–Crippen LogP) is 4.11. The van der Waals surface area contributed by atoms with Crippen LogP contribution >= 0.6 is 0 Å². The van der Waals surface area contributed by atoms with Crippen LogP contribution in [0.4, 0.5) is 5.69 Å². The third kappa shape index (κ3) is 3.26. The Morgan fingerprint density at radius 2 is 1.86 bits per heavy atom. The minimum Gasteiger partial charge on any atom is -0.467 e. The van der Waals surface area contributed by atoms with Crippen molar-refractivity contribution >= 4 is 11.7 Å². The quantitative estimate of drug-likeness (QED) is 0.429. The van der Waals surface area contributed by atoms with Crippen molar-refractivity contribution < 1.29 is 23.9 Å². The maximum Gasteiger partial charge on any atom is 0.306 e. The summed E-state index contributed by atoms with van der Waals surface area (Å²) in [5, 5.41) is 11.2. The first-order chi connectivity index (χ1) is 13.5. The Morgan fingerprint density at radius 3 is 2.50 bits per heavy atom. The largest absolute Gasteiger partial charge is 0.467 e. The second kappa shape index (κ2) is 6.72. The van der Waals surface area contributed by atoms with Crippen LogP contribution in [-0.2, 0) is 27.5 Å². The molecule has 28 heavy (non-hydrogen) atoms. The van der Waals surface area contributed by atoms with Crippen LogP contribution in [0, 0.1) is 33.3 Å². The van der Waals surface area contributed by atoms with Crippen LogP contribution in [0.1, 0.15) is 56.1 Å². The summed E-state index contributed by atoms with van der Waals surface area (Å²) in [6.07, 6.45) is 7.95. The summed E-state index contributed by atoms with van der Waals surface area (Å²) < 4.78 is 16.3. The highest BCUT2D eigenvalue weighted by Crippen LogP contribution is 2.61. The molecule has 1 heterocycles. The van der Waals surface area contributed by atoms with Crippen molar-refractivity contribution in [1.82, 2.24) is 0 Å². The lowest BCUT2D eigenvalue weighted by Crippen LogP contribution is -2.47. The molecule has 1 aliphatic heterocycles. The van der Waals surface area contributed by atoms with Crippen molar-refractivity contribution in [2.24, 2.45) is 23.2 Å². The van der Waals surface area contributed by atoms with Crippen molar-refractivity contribution in [1.29, 1.82) is 0 Å². The Labute approximate surface area is 163 Å². The molecule has 0 atom stereocenters. The van der Waals surface area contributed by atoms with Crippen LogP contribution in [0.2, 0.25) is 0 Å². The van der Waals surface area contributed by atoms with Gasteiger partial charge in [0.15, 0.2) is 6.79 Å². The first-order valence-corrected chi connectivity index (χ1v) is 10.2. The number of nitro groups is 1. The molecule has 0 saturated heterocycles. The molecule has 4 fully saturated rings. The Bertz CT molecular complexity index is 784. The molecule has 0 aromatic heterocycles. The lowest BCUT2D eigenvalue weighted by atomic mass is 9.49. The highest BCUT2D eigenvalue weighted by molar-refractivity contribution is 5.70. The second-order valence-corrected chi connectivity index (χ2v) is 9.22. The van der Waals surface area contributed by atoms with Gasteiger partial charge in [0.05, 0.1) is 18.0 Å². The van der Waals surface area contributed by atoms with Crippen molar-refractivity contribution in [3.05, 3.63) is 33.4 Å². The van der Waals surface area contributed by atoms with Gasteiger partial charge in [-0.05, 0) is 61.7 Å². The zero-order valence-electron chi connectivity index (χ0n) is 15.9. The van der Waals surface area contributed by atoms with E-state index in [1.54, 1.807) is 0 Å². The molecule has 5 aliphatic rings. The number of ether oxygens (including phenoxy) is 3. The number of benzene rings is 1. The van der Waals surface area contributed by atoms with Crippen LogP contribution in [0.3, 0.4) is 0 Å². The Kier molecular flexibility index (Phi) is 4.30. The summed E-state index contributed by atoms with van der Waals surface area (Å²) in [5.41, 5.74) is 1.23. The van der Waals surface area contributed by atoms with E-state index in [2.05, 4.69) is 0 Å². The number of nitrogens with zero attached hydrogens (tertiary/aromatic N) is 1. The molecule has 4 saturated carbocycles. The number of hydrogen-bond acceptors (Lipinski definition) is 6. The smallest absolute Gasteiger partial charge is 0.306 e. The molecule has 0 amide bonds. The SMILES string of the molecule is O=C(CC12CC3CC(CC(C3)C1)C2)OCc1cc([N+](=O)[O-])cc2c1OCOC2. The minimum atomic E-state index is -0.449. The van der Waals surface area contributed by atoms with E-state index in [1.165, 1.54) is 31.4 Å². The van der Waals surface area contributed by atoms with E-state index in [0.717, 1.165) is 37.0 Å². The van der Waals surface area contributed by atoms with E-state index in [9.17, 15) is 14.9 Å². The fraction of sp³-hybridized carbons (Fsp3) is 0.667. The third-order valence-corrected chi connectivity index (χ3v) is 7.06. The molecule has 4 aliphatic carbocycles. The standard InChI is InChI=1S/C21H25NO6/c23-19(9-21-6-13-1-14(7-21)3-15(2-13)8-21)27-11-17-5-18(22(24)25)4-16-10-26-12-28-20(16)17/h4-5,13-15H,1-3,6-12H2. The van der Waals surface area contributed by atoms with Gasteiger partial charge in [0.2, 0.25) is 0 Å². The summed E-state index contributed by atoms with van der Waals surface area (Å²) in [6.45, 7) is 0.347. The van der Waals surface area contributed by atoms with Gasteiger partial charge in [-0.3, -0.25) is 14.9 Å². The van der Waals surface area contributed by atoms with E-state index >= 15 is 0 Å². The average Bonchev–Trinajstić information content (AvgIpc) is 2.64. The van der Waals surface area contributed by atoms with Crippen molar-refractivity contribution in [3.63, 3.8) is 0 Å². The summed E-state index contributed by atoms with van der Waals surface area (Å²) in [6, 6.07) is 2.89. The number of nitro benzene ring substituents is 1. The molecule has 0 unspecified atom stereocenters. The minimum absolute atomic E-state index is 0.00475. The number of rotatable bonds is 5. The summed E-state index contributed by atoms with van der Waals surface area (Å²) in [7, 11) is 0. The average molecular weight is 387 g/mol. The number of non-ortho nitro benzene ring substituents is 1. The highest BCUT2D eigenvalue weighted by Gasteiger charge is 2.51. The number of carbonyl (C=O) groups excluding carboxylic acids is 1. The normalized spacial score (nSPS) is 32.5. The highest BCUT2D eigenvalue weighted by atomic mass is 16.7. The van der Waals surface area contributed by atoms with Gasteiger partial charge < -0.3 is 14.2 Å². The van der Waals surface area contributed by atoms with Gasteiger partial charge in [0, 0.05) is 23.3 Å². The van der Waals surface area contributed by atoms with Gasteiger partial charge in [-0.15, -0.1) is 0 Å². The van der Waals surface area contributed by atoms with Crippen LogP contribution in [0.5, 0.6) is 5.75 Å². The van der Waals surface area contributed by atoms with E-state index in [1.807, 2.05) is 0 Å². The van der Waals surface area contributed by atoms with Crippen LogP contribution in [-0.4, -0.2) is 17.7 Å². The van der Waals surface area contributed by atoms with Gasteiger partial charge in [-0.1, -0.05) is 0 Å². The van der Waals surface area contributed by atoms with Crippen LogP contribution in [0.15, 0.2) is 12.1 Å². The van der Waals surface area contributed by atoms with Crippen molar-refractivity contribution in [2.75, 3.05) is 6.79 Å². The summed E-state index contributed by atoms with van der Waals surface area (Å²) in [4.78, 5) is 23.4. The molecular formula is C21H25NO6. The fourth-order valence-corrected chi connectivity index (χ4v) is 6.52. The summed E-state index contributed by atoms with van der Waals surface area (Å²) in [5.74, 6) is 2.71. The molecule has 0 N–H and O–H groups in total. The molecule has 0 spiro atoms. The number of carbonyl (C=O) groups is 1. The first-order valence-electron chi connectivity index (χ1n) is 10.2. The number of hydrogen-bond donors (Lipinski definition) is 0. The lowest BCUT2D eigenvalue weighted by molar-refractivity contribution is -0.385. The molecule has 0 radical (unpaired) electrons. The van der Waals surface area contributed by atoms with E-state index in [4.69, 9.17) is 14.2 Å². The predicted molar refractivity (Wildman–Crippen MR) is 98.4 cm³/mol. The zero-order chi connectivity index (χ0) is 19.3. The van der Waals surface area contributed by atoms with Gasteiger partial charge in [-0.25, -0.2) is 0 Å². The topological polar surface area (TPSA) is 87.9 Å². The number of fused-ring (bicyclic) bond motifs is 1. The molecular weight excluding hydrogens is 362 g/mol. The van der Waals surface area contributed by atoms with Crippen molar-refractivity contribution in [3.8, 4) is 5.75 Å². The second-order valence-electron chi connectivity index (χ2n) is 9.22. The first kappa shape index (κ1) is 17.9. The molecule has 6 rings (SSSR count). The fourth-order valence-electron chi connectivity index (χ4n) is 6.52. The third-order valence-electron chi connectivity index (χ3n) is 7.06. The summed E-state index contributed by atoms with van der Waals surface area (Å²) >= 11 is 0. The van der Waals surface area contributed by atoms with Crippen LogP contribution < -0.4 is 4.74 Å². The van der Waals surface area contributed by atoms with Crippen molar-refractivity contribution in [2.45, 2.75) is 58.2 Å². The van der Waals surface area contributed by atoms with Gasteiger partial charge in [-0.2, -0.15) is 0 Å². The monoisotopic (exact) mass is 387 g/mol. The Balaban J connectivity index is 1.28.